The summed E-state index contributed by atoms with van der Waals surface area (Å²) in [4.78, 5) is 0. The van der Waals surface area contributed by atoms with Gasteiger partial charge in [0.1, 0.15) is 12.4 Å². The van der Waals surface area contributed by atoms with Crippen LogP contribution in [-0.4, -0.2) is 0 Å². The monoisotopic (exact) mass is 334 g/mol. The van der Waals surface area contributed by atoms with Gasteiger partial charge in [0.05, 0.1) is 11.1 Å². The fraction of sp³-hybridized carbons (Fsp3) is 0.250. The number of halogens is 6. The van der Waals surface area contributed by atoms with Crippen LogP contribution in [0, 0.1) is 6.92 Å². The van der Waals surface area contributed by atoms with Crippen molar-refractivity contribution < 1.29 is 31.1 Å². The van der Waals surface area contributed by atoms with Crippen molar-refractivity contribution in [1.29, 1.82) is 0 Å². The largest absolute Gasteiger partial charge is 0.489 e. The molecule has 7 heteroatoms. The molecule has 23 heavy (non-hydrogen) atoms. The Morgan fingerprint density at radius 2 is 1.26 bits per heavy atom. The van der Waals surface area contributed by atoms with Crippen molar-refractivity contribution in [2.45, 2.75) is 25.9 Å². The number of aryl methyl sites for hydroxylation is 1. The highest BCUT2D eigenvalue weighted by molar-refractivity contribution is 5.34. The molecule has 0 radical (unpaired) electrons. The average Bonchev–Trinajstić information content (AvgIpc) is 2.44. The number of hydrogen-bond acceptors (Lipinski definition) is 1. The van der Waals surface area contributed by atoms with Crippen LogP contribution in [0.3, 0.4) is 0 Å². The summed E-state index contributed by atoms with van der Waals surface area (Å²) in [7, 11) is 0. The zero-order chi connectivity index (χ0) is 17.3. The Morgan fingerprint density at radius 1 is 0.783 bits per heavy atom. The van der Waals surface area contributed by atoms with Crippen LogP contribution in [-0.2, 0) is 19.0 Å². The Kier molecular flexibility index (Phi) is 4.58. The van der Waals surface area contributed by atoms with Crippen LogP contribution in [0.5, 0.6) is 5.75 Å². The quantitative estimate of drug-likeness (QED) is 0.663. The van der Waals surface area contributed by atoms with E-state index in [1.807, 2.05) is 6.92 Å². The van der Waals surface area contributed by atoms with E-state index < -0.39 is 30.1 Å². The lowest BCUT2D eigenvalue weighted by molar-refractivity contribution is -0.143. The molecule has 2 aromatic rings. The van der Waals surface area contributed by atoms with Gasteiger partial charge in [-0.1, -0.05) is 17.7 Å². The number of alkyl halides is 6. The van der Waals surface area contributed by atoms with Gasteiger partial charge >= 0.3 is 12.4 Å². The van der Waals surface area contributed by atoms with Crippen LogP contribution in [0.15, 0.2) is 42.5 Å². The van der Waals surface area contributed by atoms with Crippen LogP contribution in [0.25, 0.3) is 0 Å². The molecule has 0 N–H and O–H groups in total. The van der Waals surface area contributed by atoms with E-state index in [9.17, 15) is 26.3 Å². The lowest BCUT2D eigenvalue weighted by atomic mass is 10.1. The molecule has 0 aliphatic rings. The minimum Gasteiger partial charge on any atom is -0.489 e. The zero-order valence-corrected chi connectivity index (χ0v) is 11.9. The van der Waals surface area contributed by atoms with Crippen molar-refractivity contribution in [3.05, 3.63) is 64.7 Å². The van der Waals surface area contributed by atoms with Gasteiger partial charge in [-0.2, -0.15) is 26.3 Å². The molecule has 0 spiro atoms. The van der Waals surface area contributed by atoms with E-state index in [1.165, 1.54) is 0 Å². The number of rotatable bonds is 3. The number of hydrogen-bond donors (Lipinski definition) is 0. The van der Waals surface area contributed by atoms with Gasteiger partial charge in [0.25, 0.3) is 0 Å². The van der Waals surface area contributed by atoms with Crippen LogP contribution < -0.4 is 4.74 Å². The van der Waals surface area contributed by atoms with Gasteiger partial charge < -0.3 is 4.74 Å². The van der Waals surface area contributed by atoms with Gasteiger partial charge in [0.15, 0.2) is 0 Å². The normalized spacial score (nSPS) is 12.3. The second-order valence-electron chi connectivity index (χ2n) is 5.02. The maximum Gasteiger partial charge on any atom is 0.416 e. The van der Waals surface area contributed by atoms with E-state index >= 15 is 0 Å². The van der Waals surface area contributed by atoms with Crippen LogP contribution in [0.4, 0.5) is 26.3 Å². The molecular formula is C16H12F6O. The van der Waals surface area contributed by atoms with E-state index in [-0.39, 0.29) is 11.6 Å². The van der Waals surface area contributed by atoms with Crippen molar-refractivity contribution >= 4 is 0 Å². The van der Waals surface area contributed by atoms with Gasteiger partial charge in [-0.15, -0.1) is 0 Å². The van der Waals surface area contributed by atoms with E-state index in [1.54, 1.807) is 24.3 Å². The third-order valence-electron chi connectivity index (χ3n) is 3.07. The highest BCUT2D eigenvalue weighted by Crippen LogP contribution is 2.36. The maximum atomic E-state index is 12.7. The van der Waals surface area contributed by atoms with Gasteiger partial charge in [0, 0.05) is 0 Å². The molecule has 0 aromatic heterocycles. The second-order valence-corrected chi connectivity index (χ2v) is 5.02. The molecule has 0 bridgehead atoms. The van der Waals surface area contributed by atoms with Crippen LogP contribution >= 0.6 is 0 Å². The zero-order valence-electron chi connectivity index (χ0n) is 11.9. The van der Waals surface area contributed by atoms with Crippen LogP contribution in [0.1, 0.15) is 22.3 Å². The summed E-state index contributed by atoms with van der Waals surface area (Å²) >= 11 is 0. The molecule has 0 heterocycles. The minimum absolute atomic E-state index is 0.0926. The summed E-state index contributed by atoms with van der Waals surface area (Å²) in [5.74, 6) is 0.363. The third kappa shape index (κ3) is 4.64. The predicted octanol–water partition coefficient (Wildman–Crippen LogP) is 5.61. The van der Waals surface area contributed by atoms with Crippen molar-refractivity contribution in [3.63, 3.8) is 0 Å². The highest BCUT2D eigenvalue weighted by Gasteiger charge is 2.36. The second kappa shape index (κ2) is 6.14. The smallest absolute Gasteiger partial charge is 0.416 e. The van der Waals surface area contributed by atoms with E-state index in [0.717, 1.165) is 5.56 Å². The summed E-state index contributed by atoms with van der Waals surface area (Å²) in [6.07, 6.45) is -9.72. The molecule has 0 aliphatic carbocycles. The molecule has 0 saturated heterocycles. The van der Waals surface area contributed by atoms with E-state index in [2.05, 4.69) is 0 Å². The summed E-state index contributed by atoms with van der Waals surface area (Å²) < 4.78 is 81.7. The van der Waals surface area contributed by atoms with Gasteiger partial charge in [0.2, 0.25) is 0 Å². The maximum absolute atomic E-state index is 12.7. The van der Waals surface area contributed by atoms with Crippen molar-refractivity contribution in [2.75, 3.05) is 0 Å². The van der Waals surface area contributed by atoms with Crippen molar-refractivity contribution in [3.8, 4) is 5.75 Å². The Labute approximate surface area is 128 Å². The number of ether oxygens (including phenoxy) is 1. The Bertz CT molecular complexity index is 638. The molecule has 124 valence electrons. The molecule has 0 amide bonds. The molecular weight excluding hydrogens is 322 g/mol. The first kappa shape index (κ1) is 17.2. The minimum atomic E-state index is -4.86. The summed E-state index contributed by atoms with van der Waals surface area (Å²) in [6.45, 7) is 1.45. The predicted molar refractivity (Wildman–Crippen MR) is 72.0 cm³/mol. The van der Waals surface area contributed by atoms with Crippen LogP contribution in [0.2, 0.25) is 0 Å². The fourth-order valence-electron chi connectivity index (χ4n) is 1.90. The standard InChI is InChI=1S/C16H12F6O/c1-10-2-4-14(5-3-10)23-9-11-6-12(15(17,18)19)8-13(7-11)16(20,21)22/h2-8H,9H2,1H3. The Morgan fingerprint density at radius 3 is 1.70 bits per heavy atom. The molecule has 0 saturated carbocycles. The summed E-state index contributed by atoms with van der Waals surface area (Å²) in [6, 6.07) is 8.04. The Hall–Kier alpha value is -2.18. The van der Waals surface area contributed by atoms with Gasteiger partial charge in [-0.3, -0.25) is 0 Å². The summed E-state index contributed by atoms with van der Waals surface area (Å²) in [5, 5.41) is 0. The molecule has 0 unspecified atom stereocenters. The Balaban J connectivity index is 2.28. The molecule has 2 aromatic carbocycles. The van der Waals surface area contributed by atoms with Crippen molar-refractivity contribution in [1.82, 2.24) is 0 Å². The third-order valence-corrected chi connectivity index (χ3v) is 3.07. The average molecular weight is 334 g/mol. The highest BCUT2D eigenvalue weighted by atomic mass is 19.4. The molecule has 0 fully saturated rings. The molecule has 0 aliphatic heterocycles. The molecule has 2 rings (SSSR count). The lowest BCUT2D eigenvalue weighted by Gasteiger charge is -2.14. The number of benzene rings is 2. The van der Waals surface area contributed by atoms with E-state index in [4.69, 9.17) is 4.74 Å². The van der Waals surface area contributed by atoms with Crippen molar-refractivity contribution in [2.24, 2.45) is 0 Å². The first-order chi connectivity index (χ1) is 10.6. The topological polar surface area (TPSA) is 9.23 Å². The first-order valence-electron chi connectivity index (χ1n) is 6.53. The molecule has 0 atom stereocenters. The van der Waals surface area contributed by atoms with E-state index in [0.29, 0.717) is 17.9 Å². The lowest BCUT2D eigenvalue weighted by Crippen LogP contribution is -2.12. The van der Waals surface area contributed by atoms with Gasteiger partial charge in [-0.05, 0) is 42.8 Å². The molecule has 1 nitrogen and oxygen atoms in total. The first-order valence-corrected chi connectivity index (χ1v) is 6.53. The fourth-order valence-corrected chi connectivity index (χ4v) is 1.90. The summed E-state index contributed by atoms with van der Waals surface area (Å²) in [5.41, 5.74) is -1.95. The van der Waals surface area contributed by atoms with Gasteiger partial charge in [-0.25, -0.2) is 0 Å². The SMILES string of the molecule is Cc1ccc(OCc2cc(C(F)(F)F)cc(C(F)(F)F)c2)cc1.